The summed E-state index contributed by atoms with van der Waals surface area (Å²) >= 11 is 0. The largest absolute Gasteiger partial charge is 0.443 e. The number of hydrogen-bond acceptors (Lipinski definition) is 5. The second-order valence-electron chi connectivity index (χ2n) is 7.44. The van der Waals surface area contributed by atoms with E-state index in [1.807, 2.05) is 44.2 Å². The second-order valence-corrected chi connectivity index (χ2v) is 9.27. The molecule has 0 saturated carbocycles. The first-order chi connectivity index (χ1) is 13.4. The van der Waals surface area contributed by atoms with Crippen molar-refractivity contribution in [3.63, 3.8) is 0 Å². The smallest absolute Gasteiger partial charge is 0.262 e. The van der Waals surface area contributed by atoms with Gasteiger partial charge in [0, 0.05) is 31.3 Å². The average Bonchev–Trinajstić information content (AvgIpc) is 3.41. The van der Waals surface area contributed by atoms with Crippen LogP contribution in [0.5, 0.6) is 0 Å². The normalized spacial score (nSPS) is 18.2. The third-order valence-electron chi connectivity index (χ3n) is 4.98. The number of nitrogens with zero attached hydrogens (tertiary/aromatic N) is 4. The number of oxazole rings is 1. The Balaban J connectivity index is 1.74. The van der Waals surface area contributed by atoms with Gasteiger partial charge >= 0.3 is 0 Å². The van der Waals surface area contributed by atoms with Crippen molar-refractivity contribution < 1.29 is 12.8 Å². The second kappa shape index (κ2) is 7.18. The summed E-state index contributed by atoms with van der Waals surface area (Å²) in [4.78, 5) is 8.79. The molecule has 0 spiro atoms. The molecule has 0 aliphatic carbocycles. The maximum atomic E-state index is 13.1. The summed E-state index contributed by atoms with van der Waals surface area (Å²) in [6.07, 6.45) is 4.46. The number of imidazole rings is 1. The Morgan fingerprint density at radius 1 is 1.21 bits per heavy atom. The Hall–Kier alpha value is -2.45. The summed E-state index contributed by atoms with van der Waals surface area (Å²) in [5.41, 5.74) is 1.76. The van der Waals surface area contributed by atoms with Crippen molar-refractivity contribution in [1.82, 2.24) is 18.8 Å². The van der Waals surface area contributed by atoms with Crippen molar-refractivity contribution in [2.75, 3.05) is 6.54 Å². The van der Waals surface area contributed by atoms with E-state index in [2.05, 4.69) is 4.98 Å². The van der Waals surface area contributed by atoms with Gasteiger partial charge in [0.25, 0.3) is 10.0 Å². The van der Waals surface area contributed by atoms with E-state index in [0.29, 0.717) is 18.9 Å². The third kappa shape index (κ3) is 3.27. The summed E-state index contributed by atoms with van der Waals surface area (Å²) in [6.45, 7) is 4.53. The van der Waals surface area contributed by atoms with Crippen molar-refractivity contribution in [3.8, 4) is 11.3 Å². The van der Waals surface area contributed by atoms with E-state index in [1.54, 1.807) is 11.6 Å². The van der Waals surface area contributed by atoms with Gasteiger partial charge in [0.2, 0.25) is 5.89 Å². The quantitative estimate of drug-likeness (QED) is 0.652. The van der Waals surface area contributed by atoms with Gasteiger partial charge in [-0.05, 0) is 12.8 Å². The fourth-order valence-electron chi connectivity index (χ4n) is 3.60. The lowest BCUT2D eigenvalue weighted by Gasteiger charge is -2.20. The summed E-state index contributed by atoms with van der Waals surface area (Å²) in [5.74, 6) is 1.38. The van der Waals surface area contributed by atoms with Gasteiger partial charge in [-0.2, -0.15) is 4.31 Å². The van der Waals surface area contributed by atoms with Crippen LogP contribution in [0.3, 0.4) is 0 Å². The lowest BCUT2D eigenvalue weighted by molar-refractivity contribution is 0.316. The Labute approximate surface area is 165 Å². The minimum atomic E-state index is -3.70. The number of benzene rings is 1. The molecule has 3 heterocycles. The molecule has 148 valence electrons. The molecule has 0 unspecified atom stereocenters. The standard InChI is InChI=1S/C20H24N4O3S/c1-14(2)19-18(15-8-5-4-6-9-15)22-20(27-19)16-10-7-11-24(16)28(25,26)17-12-23(3)13-21-17/h4-6,8-9,12-14,16H,7,10-11H2,1-3H3/t16-/m1/s1. The van der Waals surface area contributed by atoms with E-state index in [9.17, 15) is 8.42 Å². The molecule has 0 N–H and O–H groups in total. The van der Waals surface area contributed by atoms with Crippen LogP contribution in [0.25, 0.3) is 11.3 Å². The number of hydrogen-bond donors (Lipinski definition) is 0. The molecule has 0 bridgehead atoms. The van der Waals surface area contributed by atoms with E-state index in [1.165, 1.54) is 16.8 Å². The first-order valence-electron chi connectivity index (χ1n) is 9.43. The van der Waals surface area contributed by atoms with Crippen LogP contribution in [0.4, 0.5) is 0 Å². The molecule has 7 nitrogen and oxygen atoms in total. The molecule has 3 aromatic rings. The zero-order valence-electron chi connectivity index (χ0n) is 16.2. The highest BCUT2D eigenvalue weighted by Crippen LogP contribution is 2.39. The Morgan fingerprint density at radius 3 is 2.61 bits per heavy atom. The van der Waals surface area contributed by atoms with E-state index in [4.69, 9.17) is 9.40 Å². The van der Waals surface area contributed by atoms with Crippen LogP contribution < -0.4 is 0 Å². The topological polar surface area (TPSA) is 81.2 Å². The van der Waals surface area contributed by atoms with E-state index in [-0.39, 0.29) is 10.9 Å². The molecular weight excluding hydrogens is 376 g/mol. The number of rotatable bonds is 5. The molecule has 1 aromatic carbocycles. The van der Waals surface area contributed by atoms with Crippen LogP contribution in [-0.4, -0.2) is 33.8 Å². The monoisotopic (exact) mass is 400 g/mol. The van der Waals surface area contributed by atoms with Crippen molar-refractivity contribution >= 4 is 10.0 Å². The van der Waals surface area contributed by atoms with E-state index >= 15 is 0 Å². The predicted octanol–water partition coefficient (Wildman–Crippen LogP) is 3.72. The zero-order valence-corrected chi connectivity index (χ0v) is 17.1. The van der Waals surface area contributed by atoms with Gasteiger partial charge in [0.05, 0.1) is 6.33 Å². The van der Waals surface area contributed by atoms with Gasteiger partial charge in [0.15, 0.2) is 5.03 Å². The van der Waals surface area contributed by atoms with Gasteiger partial charge in [0.1, 0.15) is 17.5 Å². The lowest BCUT2D eigenvalue weighted by atomic mass is 10.0. The molecule has 1 fully saturated rings. The van der Waals surface area contributed by atoms with Crippen LogP contribution in [-0.2, 0) is 17.1 Å². The van der Waals surface area contributed by atoms with Crippen molar-refractivity contribution in [2.24, 2.45) is 7.05 Å². The first kappa shape index (κ1) is 18.9. The zero-order chi connectivity index (χ0) is 19.9. The molecule has 0 radical (unpaired) electrons. The Morgan fingerprint density at radius 2 is 1.96 bits per heavy atom. The predicted molar refractivity (Wildman–Crippen MR) is 105 cm³/mol. The van der Waals surface area contributed by atoms with Gasteiger partial charge in [-0.3, -0.25) is 0 Å². The van der Waals surface area contributed by atoms with Crippen LogP contribution in [0.1, 0.15) is 50.3 Å². The minimum absolute atomic E-state index is 0.0563. The van der Waals surface area contributed by atoms with Gasteiger partial charge in [-0.15, -0.1) is 0 Å². The molecule has 1 atom stereocenters. The summed E-state index contributed by atoms with van der Waals surface area (Å²) in [5, 5.41) is 0.0563. The molecule has 1 aliphatic heterocycles. The molecular formula is C20H24N4O3S. The highest BCUT2D eigenvalue weighted by molar-refractivity contribution is 7.89. The maximum absolute atomic E-state index is 13.1. The molecule has 2 aromatic heterocycles. The highest BCUT2D eigenvalue weighted by Gasteiger charge is 2.40. The van der Waals surface area contributed by atoms with E-state index in [0.717, 1.165) is 23.4 Å². The molecule has 4 rings (SSSR count). The Bertz CT molecular complexity index is 1070. The fraction of sp³-hybridized carbons (Fsp3) is 0.400. The van der Waals surface area contributed by atoms with E-state index < -0.39 is 16.1 Å². The van der Waals surface area contributed by atoms with Crippen LogP contribution in [0, 0.1) is 0 Å². The third-order valence-corrected chi connectivity index (χ3v) is 6.78. The maximum Gasteiger partial charge on any atom is 0.262 e. The summed E-state index contributed by atoms with van der Waals surface area (Å²) in [7, 11) is -1.95. The summed E-state index contributed by atoms with van der Waals surface area (Å²) < 4.78 is 35.5. The fourth-order valence-corrected chi connectivity index (χ4v) is 5.22. The SMILES string of the molecule is CC(C)c1oc([C@H]2CCCN2S(=O)(=O)c2cn(C)cn2)nc1-c1ccccc1. The minimum Gasteiger partial charge on any atom is -0.443 e. The Kier molecular flexibility index (Phi) is 4.84. The molecule has 8 heteroatoms. The molecule has 1 saturated heterocycles. The molecule has 28 heavy (non-hydrogen) atoms. The number of sulfonamides is 1. The first-order valence-corrected chi connectivity index (χ1v) is 10.9. The highest BCUT2D eigenvalue weighted by atomic mass is 32.2. The number of aromatic nitrogens is 3. The van der Waals surface area contributed by atoms with Gasteiger partial charge < -0.3 is 8.98 Å². The van der Waals surface area contributed by atoms with Gasteiger partial charge in [-0.25, -0.2) is 18.4 Å². The number of aryl methyl sites for hydroxylation is 1. The summed E-state index contributed by atoms with van der Waals surface area (Å²) in [6, 6.07) is 9.44. The molecule has 0 amide bonds. The van der Waals surface area contributed by atoms with Crippen molar-refractivity contribution in [3.05, 3.63) is 54.5 Å². The van der Waals surface area contributed by atoms with Crippen LogP contribution in [0.2, 0.25) is 0 Å². The van der Waals surface area contributed by atoms with Gasteiger partial charge in [-0.1, -0.05) is 44.2 Å². The van der Waals surface area contributed by atoms with Crippen LogP contribution >= 0.6 is 0 Å². The van der Waals surface area contributed by atoms with Crippen LogP contribution in [0.15, 0.2) is 52.3 Å². The molecule has 1 aliphatic rings. The van der Waals surface area contributed by atoms with Crippen molar-refractivity contribution in [2.45, 2.75) is 43.7 Å². The lowest BCUT2D eigenvalue weighted by Crippen LogP contribution is -2.31. The van der Waals surface area contributed by atoms with Crippen molar-refractivity contribution in [1.29, 1.82) is 0 Å². The average molecular weight is 401 g/mol.